The van der Waals surface area contributed by atoms with Gasteiger partial charge in [0.05, 0.1) is 22.6 Å². The van der Waals surface area contributed by atoms with Gasteiger partial charge in [0.1, 0.15) is 5.82 Å². The van der Waals surface area contributed by atoms with Crippen molar-refractivity contribution in [2.75, 3.05) is 18.0 Å². The van der Waals surface area contributed by atoms with Crippen LogP contribution in [0.5, 0.6) is 0 Å². The highest BCUT2D eigenvalue weighted by Gasteiger charge is 2.35. The lowest BCUT2D eigenvalue weighted by Crippen LogP contribution is -2.50. The molecule has 0 saturated carbocycles. The number of rotatable bonds is 3. The van der Waals surface area contributed by atoms with Gasteiger partial charge in [-0.15, -0.1) is 0 Å². The first-order valence-electron chi connectivity index (χ1n) is 7.37. The molecule has 23 heavy (non-hydrogen) atoms. The van der Waals surface area contributed by atoms with Crippen molar-refractivity contribution in [1.82, 2.24) is 4.98 Å². The summed E-state index contributed by atoms with van der Waals surface area (Å²) in [5, 5.41) is 11.3. The topological polar surface area (TPSA) is 79.5 Å². The van der Waals surface area contributed by atoms with Crippen LogP contribution in [0.15, 0.2) is 24.4 Å². The normalized spacial score (nSPS) is 21.6. The number of benzene rings is 1. The van der Waals surface area contributed by atoms with Crippen LogP contribution in [0.2, 0.25) is 5.02 Å². The molecule has 1 fully saturated rings. The summed E-state index contributed by atoms with van der Waals surface area (Å²) in [7, 11) is 0. The number of primary amides is 1. The molecule has 1 amide bonds. The first kappa shape index (κ1) is 16.0. The van der Waals surface area contributed by atoms with Gasteiger partial charge in [-0.25, -0.2) is 4.39 Å². The zero-order chi connectivity index (χ0) is 16.6. The maximum Gasteiger partial charge on any atom is 0.220 e. The van der Waals surface area contributed by atoms with Gasteiger partial charge in [-0.3, -0.25) is 9.78 Å². The zero-order valence-electron chi connectivity index (χ0n) is 12.4. The summed E-state index contributed by atoms with van der Waals surface area (Å²) < 4.78 is 13.6. The molecule has 7 heteroatoms. The standard InChI is InChI=1S/C16H17ClFN3O2/c17-11-6-10-13(7-12(11)18)20-4-2-14(10)21-5-1-3-16(23,9-21)8-15(19)22/h2,4,6-7,23H,1,3,5,8-9H2,(H2,19,22). The Morgan fingerprint density at radius 1 is 1.52 bits per heavy atom. The number of amides is 1. The van der Waals surface area contributed by atoms with E-state index in [1.165, 1.54) is 12.1 Å². The van der Waals surface area contributed by atoms with Crippen LogP contribution in [0.1, 0.15) is 19.3 Å². The van der Waals surface area contributed by atoms with Gasteiger partial charge in [0.25, 0.3) is 0 Å². The van der Waals surface area contributed by atoms with E-state index in [2.05, 4.69) is 4.98 Å². The number of carbonyl (C=O) groups is 1. The molecule has 1 aliphatic rings. The SMILES string of the molecule is NC(=O)CC1(O)CCCN(c2ccnc3cc(F)c(Cl)cc23)C1. The number of hydrogen-bond donors (Lipinski definition) is 2. The number of hydrogen-bond acceptors (Lipinski definition) is 4. The molecule has 2 heterocycles. The molecule has 0 bridgehead atoms. The highest BCUT2D eigenvalue weighted by Crippen LogP contribution is 2.34. The van der Waals surface area contributed by atoms with E-state index in [1.807, 2.05) is 4.90 Å². The van der Waals surface area contributed by atoms with Crippen LogP contribution in [0.3, 0.4) is 0 Å². The first-order chi connectivity index (χ1) is 10.9. The molecular formula is C16H17ClFN3O2. The number of nitrogens with zero attached hydrogens (tertiary/aromatic N) is 2. The van der Waals surface area contributed by atoms with Crippen molar-refractivity contribution < 1.29 is 14.3 Å². The lowest BCUT2D eigenvalue weighted by atomic mass is 9.89. The molecule has 0 aliphatic carbocycles. The third kappa shape index (κ3) is 3.23. The number of β-amino-alcohol motifs (C(OH)–C–C–N with tert-alkyl or cyclic N) is 1. The average molecular weight is 338 g/mol. The Labute approximate surface area is 137 Å². The Morgan fingerprint density at radius 3 is 3.04 bits per heavy atom. The van der Waals surface area contributed by atoms with Gasteiger partial charge < -0.3 is 15.7 Å². The molecule has 5 nitrogen and oxygen atoms in total. The summed E-state index contributed by atoms with van der Waals surface area (Å²) in [4.78, 5) is 17.3. The summed E-state index contributed by atoms with van der Waals surface area (Å²) in [5.74, 6) is -1.05. The number of nitrogens with two attached hydrogens (primary N) is 1. The Hall–Kier alpha value is -1.92. The minimum Gasteiger partial charge on any atom is -0.388 e. The number of pyridine rings is 1. The highest BCUT2D eigenvalue weighted by atomic mass is 35.5. The monoisotopic (exact) mass is 337 g/mol. The van der Waals surface area contributed by atoms with Gasteiger partial charge in [0.15, 0.2) is 0 Å². The zero-order valence-corrected chi connectivity index (χ0v) is 13.2. The largest absolute Gasteiger partial charge is 0.388 e. The predicted octanol–water partition coefficient (Wildman–Crippen LogP) is 2.23. The summed E-state index contributed by atoms with van der Waals surface area (Å²) in [6.45, 7) is 0.999. The number of halogens is 2. The van der Waals surface area contributed by atoms with Crippen molar-refractivity contribution >= 4 is 34.1 Å². The van der Waals surface area contributed by atoms with Gasteiger partial charge >= 0.3 is 0 Å². The van der Waals surface area contributed by atoms with E-state index in [0.717, 1.165) is 18.7 Å². The lowest BCUT2D eigenvalue weighted by molar-refractivity contribution is -0.123. The van der Waals surface area contributed by atoms with Crippen molar-refractivity contribution in [3.8, 4) is 0 Å². The van der Waals surface area contributed by atoms with Crippen molar-refractivity contribution in [2.24, 2.45) is 5.73 Å². The van der Waals surface area contributed by atoms with E-state index in [9.17, 15) is 14.3 Å². The molecule has 1 saturated heterocycles. The fraction of sp³-hybridized carbons (Fsp3) is 0.375. The maximum absolute atomic E-state index is 13.6. The number of piperidine rings is 1. The molecule has 3 N–H and O–H groups in total. The Bertz CT molecular complexity index is 770. The Balaban J connectivity index is 1.99. The quantitative estimate of drug-likeness (QED) is 0.900. The summed E-state index contributed by atoms with van der Waals surface area (Å²) in [5.41, 5.74) is 5.38. The van der Waals surface area contributed by atoms with Crippen molar-refractivity contribution in [3.05, 3.63) is 35.2 Å². The van der Waals surface area contributed by atoms with Crippen LogP contribution in [-0.4, -0.2) is 34.7 Å². The molecule has 3 rings (SSSR count). The van der Waals surface area contributed by atoms with E-state index >= 15 is 0 Å². The second-order valence-corrected chi connectivity index (χ2v) is 6.41. The number of anilines is 1. The molecule has 1 atom stereocenters. The van der Waals surface area contributed by atoms with Gasteiger partial charge in [0, 0.05) is 36.4 Å². The molecule has 2 aromatic rings. The molecule has 0 radical (unpaired) electrons. The summed E-state index contributed by atoms with van der Waals surface area (Å²) in [6, 6.07) is 4.63. The van der Waals surface area contributed by atoms with Crippen LogP contribution in [0.4, 0.5) is 10.1 Å². The van der Waals surface area contributed by atoms with E-state index in [4.69, 9.17) is 17.3 Å². The molecule has 1 aliphatic heterocycles. The molecule has 0 spiro atoms. The fourth-order valence-corrected chi connectivity index (χ4v) is 3.35. The van der Waals surface area contributed by atoms with E-state index in [0.29, 0.717) is 17.3 Å². The summed E-state index contributed by atoms with van der Waals surface area (Å²) >= 11 is 5.89. The highest BCUT2D eigenvalue weighted by molar-refractivity contribution is 6.31. The van der Waals surface area contributed by atoms with Gasteiger partial charge in [0.2, 0.25) is 5.91 Å². The third-order valence-electron chi connectivity index (χ3n) is 4.16. The minimum atomic E-state index is -1.15. The smallest absolute Gasteiger partial charge is 0.220 e. The van der Waals surface area contributed by atoms with E-state index in [-0.39, 0.29) is 18.0 Å². The van der Waals surface area contributed by atoms with Gasteiger partial charge in [-0.1, -0.05) is 11.6 Å². The number of carbonyl (C=O) groups excluding carboxylic acids is 1. The molecule has 1 aromatic carbocycles. The molecular weight excluding hydrogens is 321 g/mol. The average Bonchev–Trinajstić information content (AvgIpc) is 2.46. The Kier molecular flexibility index (Phi) is 4.12. The second-order valence-electron chi connectivity index (χ2n) is 6.01. The van der Waals surface area contributed by atoms with E-state index in [1.54, 1.807) is 12.3 Å². The van der Waals surface area contributed by atoms with Crippen molar-refractivity contribution in [1.29, 1.82) is 0 Å². The maximum atomic E-state index is 13.6. The first-order valence-corrected chi connectivity index (χ1v) is 7.75. The number of aliphatic hydroxyl groups is 1. The number of aromatic nitrogens is 1. The summed E-state index contributed by atoms with van der Waals surface area (Å²) in [6.07, 6.45) is 2.75. The lowest BCUT2D eigenvalue weighted by Gasteiger charge is -2.40. The van der Waals surface area contributed by atoms with Crippen molar-refractivity contribution in [2.45, 2.75) is 24.9 Å². The van der Waals surface area contributed by atoms with Crippen molar-refractivity contribution in [3.63, 3.8) is 0 Å². The second kappa shape index (κ2) is 5.94. The van der Waals surface area contributed by atoms with Crippen LogP contribution in [0.25, 0.3) is 10.9 Å². The number of fused-ring (bicyclic) bond motifs is 1. The van der Waals surface area contributed by atoms with Crippen LogP contribution >= 0.6 is 11.6 Å². The van der Waals surface area contributed by atoms with Gasteiger partial charge in [-0.2, -0.15) is 0 Å². The van der Waals surface area contributed by atoms with Gasteiger partial charge in [-0.05, 0) is 25.0 Å². The van der Waals surface area contributed by atoms with Crippen LogP contribution in [-0.2, 0) is 4.79 Å². The fourth-order valence-electron chi connectivity index (χ4n) is 3.19. The van der Waals surface area contributed by atoms with E-state index < -0.39 is 17.3 Å². The molecule has 122 valence electrons. The molecule has 1 unspecified atom stereocenters. The molecule has 1 aromatic heterocycles. The third-order valence-corrected chi connectivity index (χ3v) is 4.45. The predicted molar refractivity (Wildman–Crippen MR) is 86.9 cm³/mol. The minimum absolute atomic E-state index is 0.0242. The van der Waals surface area contributed by atoms with Crippen LogP contribution < -0.4 is 10.6 Å². The Morgan fingerprint density at radius 2 is 2.30 bits per heavy atom. The van der Waals surface area contributed by atoms with Crippen LogP contribution in [0, 0.1) is 5.82 Å².